The molecule has 0 fully saturated rings. The van der Waals surface area contributed by atoms with Gasteiger partial charge in [-0.1, -0.05) is 12.1 Å². The monoisotopic (exact) mass is 315 g/mol. The molecule has 0 saturated carbocycles. The van der Waals surface area contributed by atoms with Gasteiger partial charge in [0, 0.05) is 11.7 Å². The van der Waals surface area contributed by atoms with E-state index in [2.05, 4.69) is 4.98 Å². The van der Waals surface area contributed by atoms with Crippen LogP contribution in [-0.2, 0) is 15.3 Å². The van der Waals surface area contributed by atoms with Crippen molar-refractivity contribution in [3.05, 3.63) is 59.3 Å². The highest BCUT2D eigenvalue weighted by Gasteiger charge is 2.47. The first kappa shape index (κ1) is 15.0. The number of nitrogens with one attached hydrogen (secondary N) is 1. The Morgan fingerprint density at radius 3 is 2.65 bits per heavy atom. The Hall–Kier alpha value is -2.89. The van der Waals surface area contributed by atoms with E-state index in [4.69, 9.17) is 5.11 Å². The van der Waals surface area contributed by atoms with E-state index < -0.39 is 23.5 Å². The van der Waals surface area contributed by atoms with Gasteiger partial charge < -0.3 is 15.2 Å². The fourth-order valence-corrected chi connectivity index (χ4v) is 3.06. The minimum absolute atomic E-state index is 0.0124. The van der Waals surface area contributed by atoms with Gasteiger partial charge in [0.25, 0.3) is 0 Å². The molecule has 0 radical (unpaired) electrons. The topological polar surface area (TPSA) is 90.4 Å². The van der Waals surface area contributed by atoms with E-state index in [1.54, 1.807) is 18.3 Å². The Morgan fingerprint density at radius 1 is 1.26 bits per heavy atom. The van der Waals surface area contributed by atoms with Gasteiger partial charge in [-0.2, -0.15) is 0 Å². The molecular weight excluding hydrogens is 301 g/mol. The number of aliphatic carboxylic acids is 2. The summed E-state index contributed by atoms with van der Waals surface area (Å²) in [6.07, 6.45) is 3.86. The number of rotatable bonds is 3. The first-order valence-corrected chi connectivity index (χ1v) is 6.97. The SMILES string of the molecule is CC1=C(C(=O)O)C=CC(F)(c2ccc3cc[nH]c3c2)C1C(=O)O. The molecule has 2 atom stereocenters. The Kier molecular flexibility index (Phi) is 3.32. The molecule has 1 aromatic heterocycles. The number of hydrogen-bond acceptors (Lipinski definition) is 2. The lowest BCUT2D eigenvalue weighted by Crippen LogP contribution is -2.38. The lowest BCUT2D eigenvalue weighted by Gasteiger charge is -2.33. The van der Waals surface area contributed by atoms with Gasteiger partial charge in [0.2, 0.25) is 0 Å². The van der Waals surface area contributed by atoms with Gasteiger partial charge >= 0.3 is 11.9 Å². The molecule has 3 rings (SSSR count). The number of aromatic nitrogens is 1. The standard InChI is InChI=1S/C17H14FNO4/c1-9-12(15(20)21)4-6-17(18,14(9)16(22)23)11-3-2-10-5-7-19-13(10)8-11/h2-8,14,19H,1H3,(H,20,21)(H,22,23). The molecule has 118 valence electrons. The van der Waals surface area contributed by atoms with Gasteiger partial charge in [-0.25, -0.2) is 9.18 Å². The maximum absolute atomic E-state index is 15.6. The van der Waals surface area contributed by atoms with Gasteiger partial charge in [0.15, 0.2) is 5.67 Å². The zero-order valence-electron chi connectivity index (χ0n) is 12.2. The van der Waals surface area contributed by atoms with E-state index in [1.165, 1.54) is 13.0 Å². The normalized spacial score (nSPS) is 24.2. The fourth-order valence-electron chi connectivity index (χ4n) is 3.06. The average molecular weight is 315 g/mol. The van der Waals surface area contributed by atoms with Crippen molar-refractivity contribution < 1.29 is 24.2 Å². The second-order valence-corrected chi connectivity index (χ2v) is 5.55. The fraction of sp³-hybridized carbons (Fsp3) is 0.176. The quantitative estimate of drug-likeness (QED) is 0.812. The third-order valence-electron chi connectivity index (χ3n) is 4.25. The van der Waals surface area contributed by atoms with Gasteiger partial charge in [-0.05, 0) is 47.7 Å². The van der Waals surface area contributed by atoms with Crippen LogP contribution in [0.15, 0.2) is 53.8 Å². The Balaban J connectivity index is 2.18. The highest BCUT2D eigenvalue weighted by molar-refractivity contribution is 5.94. The van der Waals surface area contributed by atoms with E-state index in [0.717, 1.165) is 17.5 Å². The Morgan fingerprint density at radius 2 is 2.00 bits per heavy atom. The molecular formula is C17H14FNO4. The molecule has 2 unspecified atom stereocenters. The summed E-state index contributed by atoms with van der Waals surface area (Å²) in [5, 5.41) is 19.5. The molecule has 6 heteroatoms. The number of halogens is 1. The predicted octanol–water partition coefficient (Wildman–Crippen LogP) is 3.00. The van der Waals surface area contributed by atoms with Crippen LogP contribution in [0.4, 0.5) is 4.39 Å². The molecule has 1 heterocycles. The summed E-state index contributed by atoms with van der Waals surface area (Å²) in [6.45, 7) is 1.34. The Bertz CT molecular complexity index is 880. The number of alkyl halides is 1. The Labute approximate surface area is 130 Å². The second kappa shape index (κ2) is 5.08. The summed E-state index contributed by atoms with van der Waals surface area (Å²) in [7, 11) is 0. The molecule has 0 amide bonds. The average Bonchev–Trinajstić information content (AvgIpc) is 2.93. The van der Waals surface area contributed by atoms with Gasteiger partial charge in [-0.15, -0.1) is 0 Å². The number of allylic oxidation sites excluding steroid dienone is 1. The summed E-state index contributed by atoms with van der Waals surface area (Å²) in [6, 6.07) is 6.59. The summed E-state index contributed by atoms with van der Waals surface area (Å²) in [5.41, 5.74) is -1.66. The minimum Gasteiger partial charge on any atom is -0.481 e. The van der Waals surface area contributed by atoms with Crippen LogP contribution in [0.2, 0.25) is 0 Å². The van der Waals surface area contributed by atoms with E-state index in [9.17, 15) is 14.7 Å². The van der Waals surface area contributed by atoms with E-state index in [0.29, 0.717) is 5.52 Å². The van der Waals surface area contributed by atoms with Gasteiger partial charge in [0.05, 0.1) is 5.57 Å². The number of carboxylic acids is 2. The predicted molar refractivity (Wildman–Crippen MR) is 81.7 cm³/mol. The van der Waals surface area contributed by atoms with Crippen molar-refractivity contribution in [1.82, 2.24) is 4.98 Å². The zero-order chi connectivity index (χ0) is 16.8. The summed E-state index contributed by atoms with van der Waals surface area (Å²) >= 11 is 0. The molecule has 0 bridgehead atoms. The molecule has 5 nitrogen and oxygen atoms in total. The van der Waals surface area contributed by atoms with Crippen molar-refractivity contribution in [2.75, 3.05) is 0 Å². The first-order chi connectivity index (χ1) is 10.8. The van der Waals surface area contributed by atoms with Crippen molar-refractivity contribution in [3.8, 4) is 0 Å². The number of benzene rings is 1. The van der Waals surface area contributed by atoms with E-state index in [1.807, 2.05) is 6.07 Å². The third-order valence-corrected chi connectivity index (χ3v) is 4.25. The van der Waals surface area contributed by atoms with Crippen molar-refractivity contribution in [3.63, 3.8) is 0 Å². The van der Waals surface area contributed by atoms with Crippen LogP contribution in [0.3, 0.4) is 0 Å². The van der Waals surface area contributed by atoms with Crippen LogP contribution < -0.4 is 0 Å². The molecule has 0 spiro atoms. The van der Waals surface area contributed by atoms with Crippen LogP contribution in [-0.4, -0.2) is 27.1 Å². The van der Waals surface area contributed by atoms with Crippen molar-refractivity contribution in [2.24, 2.45) is 5.92 Å². The molecule has 23 heavy (non-hydrogen) atoms. The maximum Gasteiger partial charge on any atom is 0.335 e. The number of H-pyrrole nitrogens is 1. The number of fused-ring (bicyclic) bond motifs is 1. The molecule has 2 aromatic rings. The van der Waals surface area contributed by atoms with Crippen LogP contribution in [0.25, 0.3) is 10.9 Å². The number of carbonyl (C=O) groups is 2. The molecule has 1 aliphatic rings. The summed E-state index contributed by atoms with van der Waals surface area (Å²) in [4.78, 5) is 25.8. The van der Waals surface area contributed by atoms with E-state index >= 15 is 4.39 Å². The molecule has 3 N–H and O–H groups in total. The minimum atomic E-state index is -2.31. The highest BCUT2D eigenvalue weighted by atomic mass is 19.1. The van der Waals surface area contributed by atoms with Gasteiger partial charge in [0.1, 0.15) is 5.92 Å². The summed E-state index contributed by atoms with van der Waals surface area (Å²) < 4.78 is 15.6. The number of aromatic amines is 1. The smallest absolute Gasteiger partial charge is 0.335 e. The van der Waals surface area contributed by atoms with Crippen LogP contribution in [0.1, 0.15) is 12.5 Å². The lowest BCUT2D eigenvalue weighted by molar-refractivity contribution is -0.144. The van der Waals surface area contributed by atoms with Crippen molar-refractivity contribution in [1.29, 1.82) is 0 Å². The molecule has 0 aliphatic heterocycles. The second-order valence-electron chi connectivity index (χ2n) is 5.55. The maximum atomic E-state index is 15.6. The van der Waals surface area contributed by atoms with Crippen LogP contribution in [0.5, 0.6) is 0 Å². The highest BCUT2D eigenvalue weighted by Crippen LogP contribution is 2.44. The molecule has 0 saturated heterocycles. The number of carboxylic acid groups (broad SMARTS) is 2. The van der Waals surface area contributed by atoms with Crippen LogP contribution >= 0.6 is 0 Å². The first-order valence-electron chi connectivity index (χ1n) is 6.97. The lowest BCUT2D eigenvalue weighted by atomic mass is 9.74. The summed E-state index contributed by atoms with van der Waals surface area (Å²) in [5.74, 6) is -4.27. The molecule has 1 aromatic carbocycles. The zero-order valence-corrected chi connectivity index (χ0v) is 12.2. The van der Waals surface area contributed by atoms with Crippen LogP contribution in [0, 0.1) is 5.92 Å². The third kappa shape index (κ3) is 2.23. The van der Waals surface area contributed by atoms with Crippen molar-refractivity contribution >= 4 is 22.8 Å². The largest absolute Gasteiger partial charge is 0.481 e. The van der Waals surface area contributed by atoms with E-state index in [-0.39, 0.29) is 16.7 Å². The van der Waals surface area contributed by atoms with Crippen molar-refractivity contribution in [2.45, 2.75) is 12.6 Å². The molecule has 1 aliphatic carbocycles. The van der Waals surface area contributed by atoms with Gasteiger partial charge in [-0.3, -0.25) is 4.79 Å². The number of hydrogen-bond donors (Lipinski definition) is 3.